The fraction of sp³-hybridized carbons (Fsp3) is 0.125. The molecule has 7 heteroatoms. The Morgan fingerprint density at radius 1 is 1.60 bits per heavy atom. The lowest BCUT2D eigenvalue weighted by Gasteiger charge is -2.11. The second-order valence-electron chi connectivity index (χ2n) is 2.73. The van der Waals surface area contributed by atoms with Crippen molar-refractivity contribution >= 4 is 29.1 Å². The number of benzene rings is 1. The molecule has 0 aliphatic carbocycles. The second-order valence-corrected chi connectivity index (χ2v) is 3.07. The number of phenolic OH excluding ortho intramolecular Hbond substituents is 1. The van der Waals surface area contributed by atoms with Crippen molar-refractivity contribution in [3.05, 3.63) is 28.3 Å². The summed E-state index contributed by atoms with van der Waals surface area (Å²) in [5.41, 5.74) is -0.507. The molecule has 0 heterocycles. The zero-order valence-electron chi connectivity index (χ0n) is 7.68. The van der Waals surface area contributed by atoms with E-state index in [1.54, 1.807) is 0 Å². The first kappa shape index (κ1) is 11.3. The van der Waals surface area contributed by atoms with Gasteiger partial charge in [-0.2, -0.15) is 0 Å². The van der Waals surface area contributed by atoms with E-state index in [0.717, 1.165) is 6.07 Å². The molecule has 6 nitrogen and oxygen atoms in total. The Labute approximate surface area is 89.9 Å². The van der Waals surface area contributed by atoms with Crippen LogP contribution in [0.15, 0.2) is 18.2 Å². The van der Waals surface area contributed by atoms with Gasteiger partial charge < -0.3 is 5.11 Å². The molecule has 0 spiro atoms. The van der Waals surface area contributed by atoms with Crippen molar-refractivity contribution in [2.75, 3.05) is 4.42 Å². The number of rotatable bonds is 2. The number of hydrogen-bond donors (Lipinski definition) is 1. The van der Waals surface area contributed by atoms with Gasteiger partial charge in [-0.1, -0.05) is 0 Å². The van der Waals surface area contributed by atoms with E-state index in [1.165, 1.54) is 19.1 Å². The van der Waals surface area contributed by atoms with Crippen molar-refractivity contribution in [1.29, 1.82) is 0 Å². The van der Waals surface area contributed by atoms with Crippen LogP contribution in [0.25, 0.3) is 0 Å². The van der Waals surface area contributed by atoms with Crippen molar-refractivity contribution < 1.29 is 14.8 Å². The maximum Gasteiger partial charge on any atom is 0.298 e. The first-order valence-corrected chi connectivity index (χ1v) is 4.21. The predicted molar refractivity (Wildman–Crippen MR) is 53.8 cm³/mol. The number of nitro benzene ring substituents is 1. The molecule has 0 fully saturated rings. The van der Waals surface area contributed by atoms with Crippen LogP contribution in [0.4, 0.5) is 11.4 Å². The van der Waals surface area contributed by atoms with Gasteiger partial charge in [0.2, 0.25) is 5.91 Å². The summed E-state index contributed by atoms with van der Waals surface area (Å²) in [5, 5.41) is 19.7. The van der Waals surface area contributed by atoms with Crippen LogP contribution in [0.5, 0.6) is 5.75 Å². The highest BCUT2D eigenvalue weighted by molar-refractivity contribution is 6.36. The molecular formula is C8H7ClN2O4. The minimum absolute atomic E-state index is 0.0769. The Morgan fingerprint density at radius 2 is 2.20 bits per heavy atom. The lowest BCUT2D eigenvalue weighted by Crippen LogP contribution is -2.17. The van der Waals surface area contributed by atoms with E-state index in [4.69, 9.17) is 16.9 Å². The molecule has 1 amide bonds. The molecule has 1 aromatic rings. The molecule has 0 radical (unpaired) electrons. The number of nitro groups is 1. The number of halogens is 1. The third-order valence-electron chi connectivity index (χ3n) is 1.64. The highest BCUT2D eigenvalue weighted by atomic mass is 35.5. The molecule has 80 valence electrons. The van der Waals surface area contributed by atoms with Gasteiger partial charge in [0.25, 0.3) is 5.69 Å². The molecular weight excluding hydrogens is 224 g/mol. The minimum Gasteiger partial charge on any atom is -0.508 e. The van der Waals surface area contributed by atoms with Gasteiger partial charge in [-0.25, -0.2) is 4.42 Å². The highest BCUT2D eigenvalue weighted by Gasteiger charge is 2.21. The lowest BCUT2D eigenvalue weighted by molar-refractivity contribution is -0.384. The minimum atomic E-state index is -0.729. The molecule has 0 atom stereocenters. The predicted octanol–water partition coefficient (Wildman–Crippen LogP) is 1.81. The summed E-state index contributed by atoms with van der Waals surface area (Å²) in [6, 6.07) is 3.33. The molecule has 1 aromatic carbocycles. The lowest BCUT2D eigenvalue weighted by atomic mass is 10.2. The van der Waals surface area contributed by atoms with Gasteiger partial charge >= 0.3 is 0 Å². The van der Waals surface area contributed by atoms with E-state index in [9.17, 15) is 14.9 Å². The van der Waals surface area contributed by atoms with Crippen LogP contribution < -0.4 is 4.42 Å². The normalized spacial score (nSPS) is 9.73. The number of hydrogen-bond acceptors (Lipinski definition) is 4. The summed E-state index contributed by atoms with van der Waals surface area (Å²) in [5.74, 6) is -0.815. The van der Waals surface area contributed by atoms with Crippen molar-refractivity contribution in [3.63, 3.8) is 0 Å². The molecule has 15 heavy (non-hydrogen) atoms. The fourth-order valence-electron chi connectivity index (χ4n) is 0.994. The Hall–Kier alpha value is -1.82. The molecule has 0 aliphatic heterocycles. The van der Waals surface area contributed by atoms with Crippen LogP contribution in [0.2, 0.25) is 0 Å². The fourth-order valence-corrected chi connectivity index (χ4v) is 1.14. The molecule has 1 N–H and O–H groups in total. The van der Waals surface area contributed by atoms with Gasteiger partial charge in [0.1, 0.15) is 11.4 Å². The maximum absolute atomic E-state index is 10.9. The van der Waals surface area contributed by atoms with Crippen molar-refractivity contribution in [2.24, 2.45) is 0 Å². The number of phenols is 1. The zero-order chi connectivity index (χ0) is 11.6. The molecule has 0 aliphatic rings. The third kappa shape index (κ3) is 2.35. The third-order valence-corrected chi connectivity index (χ3v) is 2.06. The van der Waals surface area contributed by atoms with E-state index >= 15 is 0 Å². The highest BCUT2D eigenvalue weighted by Crippen LogP contribution is 2.32. The topological polar surface area (TPSA) is 83.7 Å². The van der Waals surface area contributed by atoms with Crippen LogP contribution in [0.1, 0.15) is 6.92 Å². The van der Waals surface area contributed by atoms with Crippen molar-refractivity contribution in [2.45, 2.75) is 6.92 Å². The van der Waals surface area contributed by atoms with Gasteiger partial charge in [-0.05, 0) is 12.1 Å². The molecule has 0 unspecified atom stereocenters. The molecule has 0 aromatic heterocycles. The van der Waals surface area contributed by atoms with Crippen LogP contribution in [-0.4, -0.2) is 15.9 Å². The maximum atomic E-state index is 10.9. The van der Waals surface area contributed by atoms with Gasteiger partial charge in [0.15, 0.2) is 0 Å². The number of anilines is 1. The molecule has 1 rings (SSSR count). The quantitative estimate of drug-likeness (QED) is 0.477. The largest absolute Gasteiger partial charge is 0.508 e. The van der Waals surface area contributed by atoms with E-state index in [2.05, 4.69) is 0 Å². The van der Waals surface area contributed by atoms with Crippen LogP contribution in [-0.2, 0) is 4.79 Å². The summed E-state index contributed by atoms with van der Waals surface area (Å²) >= 11 is 5.54. The number of nitrogens with zero attached hydrogens (tertiary/aromatic N) is 2. The summed E-state index contributed by atoms with van der Waals surface area (Å²) in [6.45, 7) is 1.17. The number of aromatic hydroxyl groups is 1. The first-order chi connectivity index (χ1) is 6.93. The van der Waals surface area contributed by atoms with Crippen LogP contribution >= 0.6 is 11.8 Å². The number of carbonyl (C=O) groups excluding carboxylic acids is 1. The van der Waals surface area contributed by atoms with Crippen LogP contribution in [0.3, 0.4) is 0 Å². The summed E-state index contributed by atoms with van der Waals surface area (Å²) < 4.78 is 0.623. The molecule has 0 saturated heterocycles. The Morgan fingerprint density at radius 3 is 2.67 bits per heavy atom. The van der Waals surface area contributed by atoms with Crippen LogP contribution in [0, 0.1) is 10.1 Å². The van der Waals surface area contributed by atoms with Gasteiger partial charge in [0, 0.05) is 18.7 Å². The second kappa shape index (κ2) is 4.14. The van der Waals surface area contributed by atoms with Gasteiger partial charge in [0.05, 0.1) is 11.0 Å². The number of amides is 1. The zero-order valence-corrected chi connectivity index (χ0v) is 8.43. The van der Waals surface area contributed by atoms with E-state index in [-0.39, 0.29) is 11.4 Å². The van der Waals surface area contributed by atoms with E-state index in [1.807, 2.05) is 0 Å². The first-order valence-electron chi connectivity index (χ1n) is 3.87. The van der Waals surface area contributed by atoms with E-state index < -0.39 is 16.5 Å². The SMILES string of the molecule is CC(=O)N(Cl)c1ccc(O)cc1[N+](=O)[O-]. The number of carbonyl (C=O) groups is 1. The Bertz CT molecular complexity index is 421. The average molecular weight is 231 g/mol. The Balaban J connectivity index is 3.28. The van der Waals surface area contributed by atoms with Crippen molar-refractivity contribution in [3.8, 4) is 5.75 Å². The van der Waals surface area contributed by atoms with Gasteiger partial charge in [-0.3, -0.25) is 14.9 Å². The Kier molecular flexibility index (Phi) is 3.11. The smallest absolute Gasteiger partial charge is 0.298 e. The molecule has 0 bridgehead atoms. The van der Waals surface area contributed by atoms with Crippen molar-refractivity contribution in [1.82, 2.24) is 0 Å². The summed E-state index contributed by atoms with van der Waals surface area (Å²) in [4.78, 5) is 20.8. The molecule has 0 saturated carbocycles. The summed E-state index contributed by atoms with van der Waals surface area (Å²) in [7, 11) is 0. The standard InChI is InChI=1S/C8H7ClN2O4/c1-5(12)10(9)7-3-2-6(13)4-8(7)11(14)15/h2-4,13H,1H3. The average Bonchev–Trinajstić information content (AvgIpc) is 2.16. The van der Waals surface area contributed by atoms with Gasteiger partial charge in [-0.15, -0.1) is 0 Å². The monoisotopic (exact) mass is 230 g/mol. The summed E-state index contributed by atoms with van der Waals surface area (Å²) in [6.07, 6.45) is 0. The van der Waals surface area contributed by atoms with E-state index in [0.29, 0.717) is 4.42 Å².